The third kappa shape index (κ3) is 5.50. The van der Waals surface area contributed by atoms with Crippen LogP contribution >= 0.6 is 12.4 Å². The summed E-state index contributed by atoms with van der Waals surface area (Å²) in [4.78, 5) is 12.8. The van der Waals surface area contributed by atoms with Crippen molar-refractivity contribution in [3.05, 3.63) is 71.3 Å². The van der Waals surface area contributed by atoms with E-state index in [0.717, 1.165) is 5.56 Å². The van der Waals surface area contributed by atoms with Gasteiger partial charge in [0.1, 0.15) is 17.7 Å². The fourth-order valence-corrected chi connectivity index (χ4v) is 2.84. The maximum Gasteiger partial charge on any atom is 0.245 e. The quantitative estimate of drug-likeness (QED) is 0.588. The number of nitrogens with two attached hydrogens (primary N) is 1. The first-order valence-electron chi connectivity index (χ1n) is 8.64. The molecule has 28 heavy (non-hydrogen) atoms. The number of carbonyl (C=O) groups excluding carboxylic acids is 1. The number of nitrogens with zero attached hydrogens (tertiary/aromatic N) is 4. The molecule has 0 saturated heterocycles. The Morgan fingerprint density at radius 2 is 1.96 bits per heavy atom. The van der Waals surface area contributed by atoms with Crippen LogP contribution in [0.25, 0.3) is 0 Å². The SMILES string of the molecule is Cc1nnnn1C(Cc1cccc(F)c1)C(=O)NCCc1ccc(N)cc1.Cl. The van der Waals surface area contributed by atoms with Gasteiger partial charge in [-0.3, -0.25) is 4.79 Å². The van der Waals surface area contributed by atoms with E-state index in [1.807, 2.05) is 24.3 Å². The van der Waals surface area contributed by atoms with E-state index in [1.54, 1.807) is 19.1 Å². The smallest absolute Gasteiger partial charge is 0.245 e. The number of anilines is 1. The molecule has 1 aromatic heterocycles. The van der Waals surface area contributed by atoms with Crippen LogP contribution in [-0.4, -0.2) is 32.7 Å². The number of hydrogen-bond donors (Lipinski definition) is 2. The van der Waals surface area contributed by atoms with E-state index in [2.05, 4.69) is 20.8 Å². The number of halogens is 2. The average molecular weight is 405 g/mol. The van der Waals surface area contributed by atoms with Crippen LogP contribution in [0.2, 0.25) is 0 Å². The van der Waals surface area contributed by atoms with Crippen molar-refractivity contribution in [2.45, 2.75) is 25.8 Å². The average Bonchev–Trinajstić information content (AvgIpc) is 3.07. The lowest BCUT2D eigenvalue weighted by Crippen LogP contribution is -2.36. The number of amides is 1. The summed E-state index contributed by atoms with van der Waals surface area (Å²) in [7, 11) is 0. The Labute approximate surface area is 168 Å². The molecule has 0 aliphatic rings. The molecule has 1 unspecified atom stereocenters. The van der Waals surface area contributed by atoms with Gasteiger partial charge in [-0.2, -0.15) is 0 Å². The molecule has 9 heteroatoms. The summed E-state index contributed by atoms with van der Waals surface area (Å²) in [6.07, 6.45) is 0.963. The Bertz CT molecular complexity index is 915. The molecule has 3 N–H and O–H groups in total. The molecule has 1 amide bonds. The largest absolute Gasteiger partial charge is 0.399 e. The topological polar surface area (TPSA) is 98.7 Å². The third-order valence-electron chi connectivity index (χ3n) is 4.27. The van der Waals surface area contributed by atoms with Crippen LogP contribution in [0, 0.1) is 12.7 Å². The predicted molar refractivity (Wildman–Crippen MR) is 107 cm³/mol. The van der Waals surface area contributed by atoms with E-state index >= 15 is 0 Å². The van der Waals surface area contributed by atoms with E-state index < -0.39 is 6.04 Å². The van der Waals surface area contributed by atoms with Gasteiger partial charge >= 0.3 is 0 Å². The van der Waals surface area contributed by atoms with Crippen LogP contribution in [-0.2, 0) is 17.6 Å². The van der Waals surface area contributed by atoms with Crippen LogP contribution in [0.4, 0.5) is 10.1 Å². The first-order valence-corrected chi connectivity index (χ1v) is 8.64. The third-order valence-corrected chi connectivity index (χ3v) is 4.27. The molecule has 7 nitrogen and oxygen atoms in total. The van der Waals surface area contributed by atoms with Crippen molar-refractivity contribution < 1.29 is 9.18 Å². The highest BCUT2D eigenvalue weighted by Gasteiger charge is 2.24. The van der Waals surface area contributed by atoms with Gasteiger partial charge in [0.2, 0.25) is 5.91 Å². The minimum absolute atomic E-state index is 0. The molecule has 0 aliphatic heterocycles. The number of nitrogens with one attached hydrogen (secondary N) is 1. The summed E-state index contributed by atoms with van der Waals surface area (Å²) >= 11 is 0. The van der Waals surface area contributed by atoms with Gasteiger partial charge in [-0.15, -0.1) is 17.5 Å². The van der Waals surface area contributed by atoms with E-state index in [4.69, 9.17) is 5.73 Å². The van der Waals surface area contributed by atoms with Crippen LogP contribution in [0.3, 0.4) is 0 Å². The summed E-state index contributed by atoms with van der Waals surface area (Å²) < 4.78 is 15.0. The highest BCUT2D eigenvalue weighted by atomic mass is 35.5. The second-order valence-electron chi connectivity index (χ2n) is 6.30. The molecule has 148 valence electrons. The second kappa shape index (κ2) is 9.80. The van der Waals surface area contributed by atoms with Crippen molar-refractivity contribution in [2.75, 3.05) is 12.3 Å². The Kier molecular flexibility index (Phi) is 7.45. The molecule has 3 aromatic rings. The summed E-state index contributed by atoms with van der Waals surface area (Å²) in [5, 5.41) is 14.3. The number of hydrogen-bond acceptors (Lipinski definition) is 5. The van der Waals surface area contributed by atoms with Gasteiger partial charge in [-0.1, -0.05) is 24.3 Å². The zero-order valence-corrected chi connectivity index (χ0v) is 16.2. The molecule has 0 fully saturated rings. The zero-order valence-electron chi connectivity index (χ0n) is 15.4. The molecule has 1 heterocycles. The number of benzene rings is 2. The van der Waals surface area contributed by atoms with Crippen LogP contribution < -0.4 is 11.1 Å². The Balaban J connectivity index is 0.00000280. The van der Waals surface area contributed by atoms with Gasteiger partial charge in [0.15, 0.2) is 0 Å². The number of aryl methyl sites for hydroxylation is 1. The standard InChI is InChI=1S/C19H21FN6O.ClH/c1-13-23-24-25-26(13)18(12-15-3-2-4-16(20)11-15)19(27)22-10-9-14-5-7-17(21)8-6-14;/h2-8,11,18H,9-10,12,21H2,1H3,(H,22,27);1H. The van der Waals surface area contributed by atoms with Crippen molar-refractivity contribution >= 4 is 24.0 Å². The maximum atomic E-state index is 13.5. The number of aromatic nitrogens is 4. The van der Waals surface area contributed by atoms with Crippen molar-refractivity contribution in [1.29, 1.82) is 0 Å². The highest BCUT2D eigenvalue weighted by Crippen LogP contribution is 2.16. The van der Waals surface area contributed by atoms with Gasteiger partial charge in [-0.05, 0) is 59.2 Å². The molecule has 1 atom stereocenters. The van der Waals surface area contributed by atoms with Gasteiger partial charge in [0.25, 0.3) is 0 Å². The fraction of sp³-hybridized carbons (Fsp3) is 0.263. The summed E-state index contributed by atoms with van der Waals surface area (Å²) in [5.74, 6) is -0.0429. The minimum atomic E-state index is -0.659. The minimum Gasteiger partial charge on any atom is -0.399 e. The normalized spacial score (nSPS) is 11.5. The molecule has 0 aliphatic carbocycles. The van der Waals surface area contributed by atoms with Gasteiger partial charge in [-0.25, -0.2) is 9.07 Å². The predicted octanol–water partition coefficient (Wildman–Crippen LogP) is 2.27. The Hall–Kier alpha value is -3.00. The number of tetrazole rings is 1. The Morgan fingerprint density at radius 3 is 2.61 bits per heavy atom. The van der Waals surface area contributed by atoms with Gasteiger partial charge in [0.05, 0.1) is 0 Å². The van der Waals surface area contributed by atoms with E-state index in [0.29, 0.717) is 30.0 Å². The number of carbonyl (C=O) groups is 1. The monoisotopic (exact) mass is 404 g/mol. The van der Waals surface area contributed by atoms with Crippen molar-refractivity contribution in [2.24, 2.45) is 0 Å². The molecule has 3 rings (SSSR count). The summed E-state index contributed by atoms with van der Waals surface area (Å²) in [6, 6.07) is 13.0. The maximum absolute atomic E-state index is 13.5. The van der Waals surface area contributed by atoms with Crippen LogP contribution in [0.1, 0.15) is 23.0 Å². The lowest BCUT2D eigenvalue weighted by molar-refractivity contribution is -0.124. The van der Waals surface area contributed by atoms with Crippen LogP contribution in [0.5, 0.6) is 0 Å². The summed E-state index contributed by atoms with van der Waals surface area (Å²) in [5.41, 5.74) is 8.15. The number of nitrogen functional groups attached to an aromatic ring is 1. The van der Waals surface area contributed by atoms with E-state index in [1.165, 1.54) is 16.8 Å². The van der Waals surface area contributed by atoms with Crippen molar-refractivity contribution in [3.63, 3.8) is 0 Å². The summed E-state index contributed by atoms with van der Waals surface area (Å²) in [6.45, 7) is 2.18. The van der Waals surface area contributed by atoms with Crippen LogP contribution in [0.15, 0.2) is 48.5 Å². The van der Waals surface area contributed by atoms with E-state index in [9.17, 15) is 9.18 Å². The first kappa shape index (κ1) is 21.3. The van der Waals surface area contributed by atoms with Crippen molar-refractivity contribution in [1.82, 2.24) is 25.5 Å². The van der Waals surface area contributed by atoms with Gasteiger partial charge in [0, 0.05) is 18.7 Å². The zero-order chi connectivity index (χ0) is 19.2. The molecular weight excluding hydrogens is 383 g/mol. The highest BCUT2D eigenvalue weighted by molar-refractivity contribution is 5.85. The second-order valence-corrected chi connectivity index (χ2v) is 6.30. The lowest BCUT2D eigenvalue weighted by atomic mass is 10.0. The molecule has 0 saturated carbocycles. The van der Waals surface area contributed by atoms with E-state index in [-0.39, 0.29) is 30.6 Å². The lowest BCUT2D eigenvalue weighted by Gasteiger charge is -2.17. The Morgan fingerprint density at radius 1 is 1.21 bits per heavy atom. The van der Waals surface area contributed by atoms with Crippen molar-refractivity contribution in [3.8, 4) is 0 Å². The van der Waals surface area contributed by atoms with Gasteiger partial charge < -0.3 is 11.1 Å². The first-order chi connectivity index (χ1) is 13.0. The molecule has 0 spiro atoms. The molecule has 2 aromatic carbocycles. The fourth-order valence-electron chi connectivity index (χ4n) is 2.84. The molecular formula is C19H22ClFN6O. The molecule has 0 radical (unpaired) electrons. The number of rotatable bonds is 7. The molecule has 0 bridgehead atoms.